The van der Waals surface area contributed by atoms with Gasteiger partial charge in [-0.2, -0.15) is 0 Å². The molecule has 1 aliphatic heterocycles. The monoisotopic (exact) mass is 444 g/mol. The Kier molecular flexibility index (Phi) is 5.54. The Labute approximate surface area is 192 Å². The van der Waals surface area contributed by atoms with Crippen molar-refractivity contribution in [2.24, 2.45) is 0 Å². The summed E-state index contributed by atoms with van der Waals surface area (Å²) in [7, 11) is 2.06. The molecule has 0 saturated carbocycles. The molecule has 0 spiro atoms. The lowest BCUT2D eigenvalue weighted by atomic mass is 9.98. The van der Waals surface area contributed by atoms with Gasteiger partial charge in [0.05, 0.1) is 0 Å². The first-order valence-electron chi connectivity index (χ1n) is 11.4. The number of aryl methyl sites for hydroxylation is 2. The fraction of sp³-hybridized carbons (Fsp3) is 0.333. The molecule has 0 aliphatic carbocycles. The standard InChI is InChI=1S/C27H28N2O4/c1-17-20(9-10-25(30)29-13-11-28(3)12-14-29)27(31)33-23-16-24-22(15-21(17)23)26(18(2)32-24)19-7-5-4-6-8-19/h4-8,15-16H,9-14H2,1-3H3. The van der Waals surface area contributed by atoms with Crippen LogP contribution in [0.25, 0.3) is 33.1 Å². The number of likely N-dealkylation sites (N-methyl/N-ethyl adjacent to an activating group) is 1. The molecule has 2 aromatic carbocycles. The number of carbonyl (C=O) groups is 1. The van der Waals surface area contributed by atoms with E-state index < -0.39 is 0 Å². The molecule has 0 unspecified atom stereocenters. The van der Waals surface area contributed by atoms with Crippen molar-refractivity contribution in [2.75, 3.05) is 33.2 Å². The van der Waals surface area contributed by atoms with E-state index in [9.17, 15) is 9.59 Å². The molecule has 6 heteroatoms. The van der Waals surface area contributed by atoms with E-state index in [1.807, 2.05) is 43.0 Å². The number of furan rings is 1. The summed E-state index contributed by atoms with van der Waals surface area (Å²) < 4.78 is 11.7. The summed E-state index contributed by atoms with van der Waals surface area (Å²) in [6.07, 6.45) is 0.687. The molecule has 1 amide bonds. The first-order chi connectivity index (χ1) is 15.9. The van der Waals surface area contributed by atoms with E-state index in [4.69, 9.17) is 8.83 Å². The number of amides is 1. The fourth-order valence-corrected chi connectivity index (χ4v) is 4.80. The van der Waals surface area contributed by atoms with E-state index in [1.165, 1.54) is 0 Å². The predicted molar refractivity (Wildman–Crippen MR) is 130 cm³/mol. The summed E-state index contributed by atoms with van der Waals surface area (Å²) >= 11 is 0. The number of piperazine rings is 1. The maximum Gasteiger partial charge on any atom is 0.339 e. The van der Waals surface area contributed by atoms with Gasteiger partial charge in [-0.15, -0.1) is 0 Å². The smallest absolute Gasteiger partial charge is 0.339 e. The number of nitrogens with zero attached hydrogens (tertiary/aromatic N) is 2. The second kappa shape index (κ2) is 8.52. The largest absolute Gasteiger partial charge is 0.461 e. The molecule has 33 heavy (non-hydrogen) atoms. The highest BCUT2D eigenvalue weighted by Gasteiger charge is 2.21. The summed E-state index contributed by atoms with van der Waals surface area (Å²) in [6.45, 7) is 7.13. The number of rotatable bonds is 4. The Balaban J connectivity index is 1.51. The molecule has 5 rings (SSSR count). The van der Waals surface area contributed by atoms with Crippen LogP contribution >= 0.6 is 0 Å². The quantitative estimate of drug-likeness (QED) is 0.433. The molecule has 4 aromatic rings. The highest BCUT2D eigenvalue weighted by molar-refractivity contribution is 6.03. The van der Waals surface area contributed by atoms with Crippen LogP contribution in [0.2, 0.25) is 0 Å². The molecule has 0 atom stereocenters. The van der Waals surface area contributed by atoms with Crippen LogP contribution in [0, 0.1) is 13.8 Å². The zero-order valence-corrected chi connectivity index (χ0v) is 19.3. The summed E-state index contributed by atoms with van der Waals surface area (Å²) in [6, 6.07) is 14.0. The lowest BCUT2D eigenvalue weighted by Crippen LogP contribution is -2.47. The third-order valence-corrected chi connectivity index (χ3v) is 6.78. The number of hydrogen-bond acceptors (Lipinski definition) is 5. The zero-order valence-electron chi connectivity index (χ0n) is 19.3. The lowest BCUT2D eigenvalue weighted by molar-refractivity contribution is -0.132. The first-order valence-corrected chi connectivity index (χ1v) is 11.4. The topological polar surface area (TPSA) is 66.9 Å². The van der Waals surface area contributed by atoms with Gasteiger partial charge in [0.2, 0.25) is 5.91 Å². The molecular formula is C27H28N2O4. The van der Waals surface area contributed by atoms with E-state index in [0.717, 1.165) is 59.4 Å². The van der Waals surface area contributed by atoms with Crippen LogP contribution < -0.4 is 5.63 Å². The average molecular weight is 445 g/mol. The summed E-state index contributed by atoms with van der Waals surface area (Å²) in [5, 5.41) is 1.87. The average Bonchev–Trinajstić information content (AvgIpc) is 3.13. The van der Waals surface area contributed by atoms with Gasteiger partial charge in [-0.1, -0.05) is 30.3 Å². The Morgan fingerprint density at radius 2 is 1.64 bits per heavy atom. The fourth-order valence-electron chi connectivity index (χ4n) is 4.80. The first kappa shape index (κ1) is 21.5. The molecule has 0 N–H and O–H groups in total. The summed E-state index contributed by atoms with van der Waals surface area (Å²) in [5.41, 5.74) is 4.40. The Morgan fingerprint density at radius 1 is 0.939 bits per heavy atom. The van der Waals surface area contributed by atoms with Gasteiger partial charge in [-0.3, -0.25) is 4.79 Å². The van der Waals surface area contributed by atoms with Crippen LogP contribution in [0.5, 0.6) is 0 Å². The normalized spacial score (nSPS) is 14.9. The van der Waals surface area contributed by atoms with Gasteiger partial charge in [0.25, 0.3) is 0 Å². The predicted octanol–water partition coefficient (Wildman–Crippen LogP) is 4.53. The summed E-state index contributed by atoms with van der Waals surface area (Å²) in [5.74, 6) is 0.916. The second-order valence-corrected chi connectivity index (χ2v) is 8.92. The zero-order chi connectivity index (χ0) is 23.1. The maximum absolute atomic E-state index is 12.8. The minimum Gasteiger partial charge on any atom is -0.461 e. The van der Waals surface area contributed by atoms with Crippen molar-refractivity contribution in [3.05, 3.63) is 69.8 Å². The minimum atomic E-state index is -0.378. The third kappa shape index (κ3) is 3.95. The molecule has 6 nitrogen and oxygen atoms in total. The molecule has 1 fully saturated rings. The van der Waals surface area contributed by atoms with Crippen molar-refractivity contribution in [3.63, 3.8) is 0 Å². The second-order valence-electron chi connectivity index (χ2n) is 8.92. The van der Waals surface area contributed by atoms with Crippen molar-refractivity contribution in [2.45, 2.75) is 26.7 Å². The lowest BCUT2D eigenvalue weighted by Gasteiger charge is -2.32. The molecular weight excluding hydrogens is 416 g/mol. The van der Waals surface area contributed by atoms with Gasteiger partial charge in [-0.25, -0.2) is 4.79 Å². The van der Waals surface area contributed by atoms with Crippen molar-refractivity contribution in [1.29, 1.82) is 0 Å². The molecule has 0 radical (unpaired) electrons. The molecule has 3 heterocycles. The molecule has 1 saturated heterocycles. The van der Waals surface area contributed by atoms with Crippen LogP contribution in [0.15, 0.2) is 56.1 Å². The summed E-state index contributed by atoms with van der Waals surface area (Å²) in [4.78, 5) is 29.6. The van der Waals surface area contributed by atoms with Gasteiger partial charge >= 0.3 is 5.63 Å². The van der Waals surface area contributed by atoms with E-state index in [1.54, 1.807) is 6.07 Å². The van der Waals surface area contributed by atoms with Crippen LogP contribution in [-0.4, -0.2) is 48.9 Å². The van der Waals surface area contributed by atoms with Gasteiger partial charge in [0, 0.05) is 60.6 Å². The Hall–Kier alpha value is -3.38. The molecule has 170 valence electrons. The number of hydrogen-bond donors (Lipinski definition) is 0. The maximum atomic E-state index is 12.8. The molecule has 1 aliphatic rings. The van der Waals surface area contributed by atoms with Crippen molar-refractivity contribution < 1.29 is 13.6 Å². The minimum absolute atomic E-state index is 0.0919. The molecule has 2 aromatic heterocycles. The van der Waals surface area contributed by atoms with E-state index in [-0.39, 0.29) is 11.5 Å². The SMILES string of the molecule is Cc1oc2cc3oc(=O)c(CCC(=O)N4CCN(C)CC4)c(C)c3cc2c1-c1ccccc1. The van der Waals surface area contributed by atoms with E-state index in [0.29, 0.717) is 29.6 Å². The Morgan fingerprint density at radius 3 is 2.36 bits per heavy atom. The van der Waals surface area contributed by atoms with Crippen molar-refractivity contribution >= 4 is 27.8 Å². The number of benzene rings is 2. The van der Waals surface area contributed by atoms with Crippen LogP contribution in [0.4, 0.5) is 0 Å². The van der Waals surface area contributed by atoms with Crippen LogP contribution in [-0.2, 0) is 11.2 Å². The van der Waals surface area contributed by atoms with Gasteiger partial charge in [0.1, 0.15) is 16.9 Å². The third-order valence-electron chi connectivity index (χ3n) is 6.78. The highest BCUT2D eigenvalue weighted by Crippen LogP contribution is 2.37. The number of fused-ring (bicyclic) bond motifs is 2. The van der Waals surface area contributed by atoms with Crippen LogP contribution in [0.3, 0.4) is 0 Å². The van der Waals surface area contributed by atoms with E-state index >= 15 is 0 Å². The van der Waals surface area contributed by atoms with E-state index in [2.05, 4.69) is 24.1 Å². The van der Waals surface area contributed by atoms with Crippen molar-refractivity contribution in [3.8, 4) is 11.1 Å². The number of carbonyl (C=O) groups excluding carboxylic acids is 1. The van der Waals surface area contributed by atoms with Gasteiger partial charge < -0.3 is 18.6 Å². The van der Waals surface area contributed by atoms with Gasteiger partial charge in [0.15, 0.2) is 0 Å². The van der Waals surface area contributed by atoms with Gasteiger partial charge in [-0.05, 0) is 44.5 Å². The highest BCUT2D eigenvalue weighted by atomic mass is 16.4. The van der Waals surface area contributed by atoms with Crippen molar-refractivity contribution in [1.82, 2.24) is 9.80 Å². The molecule has 0 bridgehead atoms. The Bertz CT molecular complexity index is 1390. The van der Waals surface area contributed by atoms with Crippen LogP contribution in [0.1, 0.15) is 23.3 Å².